The maximum atomic E-state index is 12.1. The van der Waals surface area contributed by atoms with Crippen LogP contribution in [-0.2, 0) is 9.53 Å². The number of halogens is 1. The molecule has 0 amide bonds. The Balaban J connectivity index is 1.70. The Morgan fingerprint density at radius 2 is 1.67 bits per heavy atom. The summed E-state index contributed by atoms with van der Waals surface area (Å²) in [4.78, 5) is 16.4. The number of carbonyl (C=O) groups is 1. The lowest BCUT2D eigenvalue weighted by Gasteiger charge is -1.99. The van der Waals surface area contributed by atoms with Gasteiger partial charge in [0.1, 0.15) is 0 Å². The summed E-state index contributed by atoms with van der Waals surface area (Å²) < 4.78 is 6.42. The minimum atomic E-state index is -0.420. The first-order valence-corrected chi connectivity index (χ1v) is 8.54. The first kappa shape index (κ1) is 15.1. The summed E-state index contributed by atoms with van der Waals surface area (Å²) in [5.41, 5.74) is 2.04. The molecule has 116 valence electrons. The molecule has 0 radical (unpaired) electrons. The number of cyclic esters (lactones) is 1. The maximum Gasteiger partial charge on any atom is 0.363 e. The Labute approximate surface area is 152 Å². The minimum Gasteiger partial charge on any atom is -0.402 e. The predicted molar refractivity (Wildman–Crippen MR) is 104 cm³/mol. The van der Waals surface area contributed by atoms with Gasteiger partial charge >= 0.3 is 5.97 Å². The van der Waals surface area contributed by atoms with E-state index in [1.807, 2.05) is 60.7 Å². The van der Waals surface area contributed by atoms with Gasteiger partial charge < -0.3 is 4.74 Å². The number of hydrogen-bond acceptors (Lipinski definition) is 3. The second-order valence-electron chi connectivity index (χ2n) is 5.45. The van der Waals surface area contributed by atoms with Crippen LogP contribution in [0.1, 0.15) is 11.1 Å². The van der Waals surface area contributed by atoms with E-state index in [4.69, 9.17) is 4.74 Å². The van der Waals surface area contributed by atoms with E-state index >= 15 is 0 Å². The molecule has 1 aliphatic rings. The van der Waals surface area contributed by atoms with E-state index in [0.29, 0.717) is 11.6 Å². The van der Waals surface area contributed by atoms with E-state index in [2.05, 4.69) is 33.6 Å². The first-order valence-electron chi connectivity index (χ1n) is 7.46. The Hall–Kier alpha value is -2.47. The normalized spacial score (nSPS) is 15.6. The summed E-state index contributed by atoms with van der Waals surface area (Å²) in [5.74, 6) is -0.0693. The van der Waals surface area contributed by atoms with Crippen molar-refractivity contribution in [1.29, 1.82) is 0 Å². The number of aliphatic imine (C=N–C) groups is 1. The van der Waals surface area contributed by atoms with E-state index in [0.717, 1.165) is 25.5 Å². The van der Waals surface area contributed by atoms with Gasteiger partial charge in [0.2, 0.25) is 5.90 Å². The SMILES string of the molecule is O=C1OC(c2ccc(I)cc2)=N/C1=C/c1ccc2ccccc2c1. The molecule has 1 aliphatic heterocycles. The van der Waals surface area contributed by atoms with Gasteiger partial charge in [-0.3, -0.25) is 0 Å². The number of rotatable bonds is 2. The number of esters is 1. The van der Waals surface area contributed by atoms with Crippen LogP contribution in [0.4, 0.5) is 0 Å². The number of ether oxygens (including phenoxy) is 1. The second-order valence-corrected chi connectivity index (χ2v) is 6.70. The van der Waals surface area contributed by atoms with Crippen molar-refractivity contribution in [2.45, 2.75) is 0 Å². The molecule has 0 aromatic heterocycles. The largest absolute Gasteiger partial charge is 0.402 e. The highest BCUT2D eigenvalue weighted by Gasteiger charge is 2.24. The van der Waals surface area contributed by atoms with Crippen molar-refractivity contribution in [2.75, 3.05) is 0 Å². The number of hydrogen-bond donors (Lipinski definition) is 0. The van der Waals surface area contributed by atoms with Gasteiger partial charge in [0.05, 0.1) is 0 Å². The van der Waals surface area contributed by atoms with Gasteiger partial charge in [0.25, 0.3) is 0 Å². The van der Waals surface area contributed by atoms with Gasteiger partial charge in [-0.05, 0) is 75.3 Å². The molecule has 0 saturated carbocycles. The Kier molecular flexibility index (Phi) is 3.90. The topological polar surface area (TPSA) is 38.7 Å². The molecule has 0 unspecified atom stereocenters. The minimum absolute atomic E-state index is 0.318. The van der Waals surface area contributed by atoms with Crippen LogP contribution in [0.5, 0.6) is 0 Å². The number of benzene rings is 3. The first-order chi connectivity index (χ1) is 11.7. The highest BCUT2D eigenvalue weighted by molar-refractivity contribution is 14.1. The van der Waals surface area contributed by atoms with Gasteiger partial charge in [-0.25, -0.2) is 9.79 Å². The molecule has 3 aromatic rings. The predicted octanol–water partition coefficient (Wildman–Crippen LogP) is 4.79. The van der Waals surface area contributed by atoms with Crippen LogP contribution in [0.25, 0.3) is 16.8 Å². The highest BCUT2D eigenvalue weighted by Crippen LogP contribution is 2.22. The molecule has 3 aromatic carbocycles. The molecule has 0 aliphatic carbocycles. The van der Waals surface area contributed by atoms with Crippen LogP contribution >= 0.6 is 22.6 Å². The summed E-state index contributed by atoms with van der Waals surface area (Å²) in [5, 5.41) is 2.29. The Morgan fingerprint density at radius 3 is 2.46 bits per heavy atom. The lowest BCUT2D eigenvalue weighted by atomic mass is 10.1. The third kappa shape index (κ3) is 2.97. The van der Waals surface area contributed by atoms with E-state index in [9.17, 15) is 4.79 Å². The molecule has 0 atom stereocenters. The number of fused-ring (bicyclic) bond motifs is 1. The zero-order valence-corrected chi connectivity index (χ0v) is 14.7. The molecule has 0 fully saturated rings. The van der Waals surface area contributed by atoms with Crippen molar-refractivity contribution in [1.82, 2.24) is 0 Å². The number of nitrogens with zero attached hydrogens (tertiary/aromatic N) is 1. The second kappa shape index (κ2) is 6.20. The van der Waals surface area contributed by atoms with Crippen LogP contribution in [0.15, 0.2) is 77.4 Å². The van der Waals surface area contributed by atoms with Crippen LogP contribution in [0.2, 0.25) is 0 Å². The van der Waals surface area contributed by atoms with Crippen molar-refractivity contribution >= 4 is 51.3 Å². The monoisotopic (exact) mass is 425 g/mol. The lowest BCUT2D eigenvalue weighted by molar-refractivity contribution is -0.129. The Bertz CT molecular complexity index is 1000. The van der Waals surface area contributed by atoms with E-state index in [1.54, 1.807) is 6.08 Å². The molecule has 4 heteroatoms. The fourth-order valence-corrected chi connectivity index (χ4v) is 2.94. The van der Waals surface area contributed by atoms with Gasteiger partial charge in [-0.2, -0.15) is 0 Å². The average Bonchev–Trinajstić information content (AvgIpc) is 2.96. The van der Waals surface area contributed by atoms with Crippen molar-refractivity contribution in [2.24, 2.45) is 4.99 Å². The van der Waals surface area contributed by atoms with Crippen molar-refractivity contribution in [3.8, 4) is 0 Å². The standard InChI is InChI=1S/C20H12INO2/c21-17-9-7-15(8-10-17)19-22-18(20(23)24-19)12-13-5-6-14-3-1-2-4-16(14)11-13/h1-12H/b18-12+. The third-order valence-corrected chi connectivity index (χ3v) is 4.51. The zero-order valence-electron chi connectivity index (χ0n) is 12.6. The summed E-state index contributed by atoms with van der Waals surface area (Å²) in [6.07, 6.45) is 1.76. The third-order valence-electron chi connectivity index (χ3n) is 3.79. The lowest BCUT2D eigenvalue weighted by Crippen LogP contribution is -2.05. The average molecular weight is 425 g/mol. The van der Waals surface area contributed by atoms with Gasteiger partial charge in [-0.15, -0.1) is 0 Å². The van der Waals surface area contributed by atoms with Crippen LogP contribution in [-0.4, -0.2) is 11.9 Å². The smallest absolute Gasteiger partial charge is 0.363 e. The number of carbonyl (C=O) groups excluding carboxylic acids is 1. The zero-order chi connectivity index (χ0) is 16.5. The van der Waals surface area contributed by atoms with E-state index in [1.165, 1.54) is 0 Å². The van der Waals surface area contributed by atoms with E-state index < -0.39 is 5.97 Å². The molecule has 0 bridgehead atoms. The molecule has 0 spiro atoms. The van der Waals surface area contributed by atoms with Crippen molar-refractivity contribution < 1.29 is 9.53 Å². The molecule has 4 rings (SSSR count). The molecular weight excluding hydrogens is 413 g/mol. The molecular formula is C20H12INO2. The molecule has 24 heavy (non-hydrogen) atoms. The summed E-state index contributed by atoms with van der Waals surface area (Å²) in [6.45, 7) is 0. The summed E-state index contributed by atoms with van der Waals surface area (Å²) >= 11 is 2.23. The quantitative estimate of drug-likeness (QED) is 0.337. The molecule has 0 N–H and O–H groups in total. The summed E-state index contributed by atoms with van der Waals surface area (Å²) in [7, 11) is 0. The van der Waals surface area contributed by atoms with Gasteiger partial charge in [-0.1, -0.05) is 36.4 Å². The molecule has 0 saturated heterocycles. The Morgan fingerprint density at radius 1 is 0.917 bits per heavy atom. The fourth-order valence-electron chi connectivity index (χ4n) is 2.58. The fraction of sp³-hybridized carbons (Fsp3) is 0. The van der Waals surface area contributed by atoms with Gasteiger partial charge in [0, 0.05) is 9.13 Å². The van der Waals surface area contributed by atoms with Crippen molar-refractivity contribution in [3.05, 3.63) is 87.1 Å². The highest BCUT2D eigenvalue weighted by atomic mass is 127. The maximum absolute atomic E-state index is 12.1. The molecule has 1 heterocycles. The van der Waals surface area contributed by atoms with Gasteiger partial charge in [0.15, 0.2) is 5.70 Å². The van der Waals surface area contributed by atoms with Crippen LogP contribution in [0, 0.1) is 3.57 Å². The van der Waals surface area contributed by atoms with E-state index in [-0.39, 0.29) is 0 Å². The molecule has 3 nitrogen and oxygen atoms in total. The summed E-state index contributed by atoms with van der Waals surface area (Å²) in [6, 6.07) is 21.9. The van der Waals surface area contributed by atoms with Crippen LogP contribution < -0.4 is 0 Å². The van der Waals surface area contributed by atoms with Crippen molar-refractivity contribution in [3.63, 3.8) is 0 Å². The van der Waals surface area contributed by atoms with Crippen LogP contribution in [0.3, 0.4) is 0 Å².